The van der Waals surface area contributed by atoms with Crippen molar-refractivity contribution in [2.24, 2.45) is 0 Å². The van der Waals surface area contributed by atoms with Crippen molar-refractivity contribution in [1.29, 1.82) is 0 Å². The van der Waals surface area contributed by atoms with E-state index in [0.29, 0.717) is 11.4 Å². The van der Waals surface area contributed by atoms with E-state index in [4.69, 9.17) is 4.74 Å². The second-order valence-corrected chi connectivity index (χ2v) is 6.93. The molecule has 0 aromatic heterocycles. The summed E-state index contributed by atoms with van der Waals surface area (Å²) in [6.07, 6.45) is 1.73. The van der Waals surface area contributed by atoms with Gasteiger partial charge in [0.05, 0.1) is 4.90 Å². The van der Waals surface area contributed by atoms with E-state index >= 15 is 0 Å². The Balaban J connectivity index is 0.00000147. The predicted octanol–water partition coefficient (Wildman–Crippen LogP) is 1.07. The Morgan fingerprint density at radius 2 is 2.20 bits per heavy atom. The molecule has 0 aliphatic carbocycles. The van der Waals surface area contributed by atoms with Gasteiger partial charge in [-0.1, -0.05) is 0 Å². The lowest BCUT2D eigenvalue weighted by atomic mass is 10.1. The number of rotatable bonds is 3. The number of sulfonamides is 1. The Labute approximate surface area is 125 Å². The molecular weight excluding hydrogens is 300 g/mol. The third-order valence-corrected chi connectivity index (χ3v) is 5.08. The van der Waals surface area contributed by atoms with Crippen molar-refractivity contribution < 1.29 is 13.2 Å². The van der Waals surface area contributed by atoms with Gasteiger partial charge in [-0.3, -0.25) is 0 Å². The molecule has 0 radical (unpaired) electrons. The molecule has 1 aromatic carbocycles. The molecule has 2 unspecified atom stereocenters. The fourth-order valence-electron chi connectivity index (χ4n) is 2.61. The van der Waals surface area contributed by atoms with Gasteiger partial charge in [-0.25, -0.2) is 13.1 Å². The van der Waals surface area contributed by atoms with E-state index in [9.17, 15) is 8.42 Å². The van der Waals surface area contributed by atoms with Gasteiger partial charge in [0.2, 0.25) is 10.0 Å². The van der Waals surface area contributed by atoms with Gasteiger partial charge in [-0.2, -0.15) is 0 Å². The Bertz CT molecular complexity index is 585. The quantitative estimate of drug-likeness (QED) is 0.875. The van der Waals surface area contributed by atoms with Crippen LogP contribution in [-0.4, -0.2) is 33.7 Å². The largest absolute Gasteiger partial charge is 0.490 e. The van der Waals surface area contributed by atoms with Crippen LogP contribution in [0.1, 0.15) is 18.9 Å². The first-order valence-electron chi connectivity index (χ1n) is 6.57. The Hall–Kier alpha value is -0.820. The molecule has 1 fully saturated rings. The molecule has 0 bridgehead atoms. The van der Waals surface area contributed by atoms with Crippen LogP contribution in [0.15, 0.2) is 23.1 Å². The van der Waals surface area contributed by atoms with Gasteiger partial charge < -0.3 is 10.1 Å². The minimum atomic E-state index is -3.43. The van der Waals surface area contributed by atoms with Crippen LogP contribution < -0.4 is 14.8 Å². The van der Waals surface area contributed by atoms with Crippen LogP contribution in [0.4, 0.5) is 0 Å². The maximum atomic E-state index is 12.3. The van der Waals surface area contributed by atoms with E-state index in [0.717, 1.165) is 30.7 Å². The third kappa shape index (κ3) is 3.09. The average Bonchev–Trinajstić information content (AvgIpc) is 2.95. The van der Waals surface area contributed by atoms with Crippen molar-refractivity contribution in [1.82, 2.24) is 10.0 Å². The van der Waals surface area contributed by atoms with Crippen molar-refractivity contribution >= 4 is 22.4 Å². The highest BCUT2D eigenvalue weighted by molar-refractivity contribution is 7.89. The fraction of sp³-hybridized carbons (Fsp3) is 0.538. The molecule has 0 saturated carbocycles. The Kier molecular flexibility index (Phi) is 4.59. The van der Waals surface area contributed by atoms with E-state index in [1.807, 2.05) is 6.92 Å². The number of hydrogen-bond donors (Lipinski definition) is 2. The normalized spacial score (nSPS) is 24.9. The highest BCUT2D eigenvalue weighted by Gasteiger charge is 2.25. The molecule has 2 atom stereocenters. The van der Waals surface area contributed by atoms with Gasteiger partial charge >= 0.3 is 0 Å². The number of benzene rings is 1. The average molecular weight is 319 g/mol. The highest BCUT2D eigenvalue weighted by atomic mass is 35.5. The predicted molar refractivity (Wildman–Crippen MR) is 79.1 cm³/mol. The molecule has 112 valence electrons. The van der Waals surface area contributed by atoms with Gasteiger partial charge in [-0.15, -0.1) is 12.4 Å². The molecule has 20 heavy (non-hydrogen) atoms. The topological polar surface area (TPSA) is 67.4 Å². The van der Waals surface area contributed by atoms with Gasteiger partial charge in [0.25, 0.3) is 0 Å². The second kappa shape index (κ2) is 5.89. The lowest BCUT2D eigenvalue weighted by Crippen LogP contribution is -2.36. The van der Waals surface area contributed by atoms with Crippen molar-refractivity contribution in [2.45, 2.75) is 36.8 Å². The molecule has 2 heterocycles. The van der Waals surface area contributed by atoms with Crippen LogP contribution in [0.25, 0.3) is 0 Å². The van der Waals surface area contributed by atoms with Crippen molar-refractivity contribution in [3.8, 4) is 5.75 Å². The molecule has 1 saturated heterocycles. The summed E-state index contributed by atoms with van der Waals surface area (Å²) in [5.74, 6) is 0.800. The number of halogens is 1. The van der Waals surface area contributed by atoms with Gasteiger partial charge in [0.15, 0.2) is 0 Å². The number of nitrogens with one attached hydrogen (secondary N) is 2. The number of fused-ring (bicyclic) bond motifs is 1. The molecule has 2 aliphatic rings. The molecule has 7 heteroatoms. The molecule has 2 N–H and O–H groups in total. The van der Waals surface area contributed by atoms with Crippen LogP contribution in [-0.2, 0) is 16.4 Å². The Morgan fingerprint density at radius 1 is 1.40 bits per heavy atom. The number of hydrogen-bond acceptors (Lipinski definition) is 4. The van der Waals surface area contributed by atoms with E-state index in [1.54, 1.807) is 18.2 Å². The maximum absolute atomic E-state index is 12.3. The van der Waals surface area contributed by atoms with E-state index < -0.39 is 10.0 Å². The molecular formula is C13H19ClN2O3S. The zero-order valence-electron chi connectivity index (χ0n) is 11.3. The van der Waals surface area contributed by atoms with Crippen LogP contribution in [0.2, 0.25) is 0 Å². The second-order valence-electron chi connectivity index (χ2n) is 5.21. The summed E-state index contributed by atoms with van der Waals surface area (Å²) >= 11 is 0. The van der Waals surface area contributed by atoms with Gasteiger partial charge in [0, 0.05) is 19.0 Å². The van der Waals surface area contributed by atoms with Crippen molar-refractivity contribution in [3.63, 3.8) is 0 Å². The summed E-state index contributed by atoms with van der Waals surface area (Å²) in [6, 6.07) is 5.08. The summed E-state index contributed by atoms with van der Waals surface area (Å²) < 4.78 is 32.9. The summed E-state index contributed by atoms with van der Waals surface area (Å²) in [6.45, 7) is 3.55. The van der Waals surface area contributed by atoms with E-state index in [1.165, 1.54) is 0 Å². The summed E-state index contributed by atoms with van der Waals surface area (Å²) in [5, 5.41) is 3.15. The molecule has 0 spiro atoms. The minimum absolute atomic E-state index is 0. The van der Waals surface area contributed by atoms with E-state index in [2.05, 4.69) is 10.0 Å². The summed E-state index contributed by atoms with van der Waals surface area (Å²) in [7, 11) is -3.43. The molecule has 5 nitrogen and oxygen atoms in total. The monoisotopic (exact) mass is 318 g/mol. The zero-order valence-corrected chi connectivity index (χ0v) is 12.9. The smallest absolute Gasteiger partial charge is 0.240 e. The van der Waals surface area contributed by atoms with Crippen LogP contribution in [0.5, 0.6) is 5.75 Å². The standard InChI is InChI=1S/C13H18N2O3S.ClH/c1-9-6-10-7-12(2-3-13(10)18-9)19(16,17)15-11-4-5-14-8-11;/h2-3,7,9,11,14-15H,4-6,8H2,1H3;1H. The lowest BCUT2D eigenvalue weighted by Gasteiger charge is -2.12. The van der Waals surface area contributed by atoms with Crippen LogP contribution >= 0.6 is 12.4 Å². The highest BCUT2D eigenvalue weighted by Crippen LogP contribution is 2.30. The maximum Gasteiger partial charge on any atom is 0.240 e. The first kappa shape index (κ1) is 15.6. The lowest BCUT2D eigenvalue weighted by molar-refractivity contribution is 0.254. The fourth-order valence-corrected chi connectivity index (χ4v) is 3.93. The SMILES string of the molecule is CC1Cc2cc(S(=O)(=O)NC3CCNC3)ccc2O1.Cl. The summed E-state index contributed by atoms with van der Waals surface area (Å²) in [4.78, 5) is 0.329. The Morgan fingerprint density at radius 3 is 2.90 bits per heavy atom. The molecule has 2 aliphatic heterocycles. The van der Waals surface area contributed by atoms with Gasteiger partial charge in [0.1, 0.15) is 11.9 Å². The number of ether oxygens (including phenoxy) is 1. The van der Waals surface area contributed by atoms with Crippen molar-refractivity contribution in [2.75, 3.05) is 13.1 Å². The van der Waals surface area contributed by atoms with Crippen LogP contribution in [0.3, 0.4) is 0 Å². The molecule has 0 amide bonds. The molecule has 1 aromatic rings. The van der Waals surface area contributed by atoms with E-state index in [-0.39, 0.29) is 24.6 Å². The summed E-state index contributed by atoms with van der Waals surface area (Å²) in [5.41, 5.74) is 0.972. The third-order valence-electron chi connectivity index (χ3n) is 3.56. The van der Waals surface area contributed by atoms with Crippen molar-refractivity contribution in [3.05, 3.63) is 23.8 Å². The first-order valence-corrected chi connectivity index (χ1v) is 8.05. The molecule has 3 rings (SSSR count). The van der Waals surface area contributed by atoms with Gasteiger partial charge in [-0.05, 0) is 43.7 Å². The zero-order chi connectivity index (χ0) is 13.5. The minimum Gasteiger partial charge on any atom is -0.490 e. The first-order chi connectivity index (χ1) is 9.04. The van der Waals surface area contributed by atoms with Crippen LogP contribution in [0, 0.1) is 0 Å².